The van der Waals surface area contributed by atoms with Gasteiger partial charge in [0.05, 0.1) is 24.6 Å². The first-order chi connectivity index (χ1) is 8.70. The standard InChI is InChI=1S/C13H14ClNO3/c1-2-17-12-4-3-9(7-10(12)14)11(16)8-13-15-5-6-18-13/h3-4,7H,2,5-6,8H2,1H3. The molecule has 18 heavy (non-hydrogen) atoms. The molecule has 0 aliphatic carbocycles. The number of Topliss-reactive ketones (excluding diaryl/α,β-unsaturated/α-hetero) is 1. The molecule has 1 aliphatic heterocycles. The highest BCUT2D eigenvalue weighted by Crippen LogP contribution is 2.26. The van der Waals surface area contributed by atoms with Crippen molar-refractivity contribution < 1.29 is 14.3 Å². The molecule has 0 atom stereocenters. The molecule has 0 unspecified atom stereocenters. The molecule has 2 rings (SSSR count). The van der Waals surface area contributed by atoms with Crippen LogP contribution in [0.5, 0.6) is 5.75 Å². The number of aliphatic imine (C=N–C) groups is 1. The van der Waals surface area contributed by atoms with Crippen molar-refractivity contribution in [3.63, 3.8) is 0 Å². The van der Waals surface area contributed by atoms with Gasteiger partial charge in [-0.05, 0) is 25.1 Å². The molecule has 0 amide bonds. The monoisotopic (exact) mass is 267 g/mol. The number of carbonyl (C=O) groups is 1. The minimum absolute atomic E-state index is 0.0550. The van der Waals surface area contributed by atoms with Crippen molar-refractivity contribution in [3.8, 4) is 5.75 Å². The van der Waals surface area contributed by atoms with Gasteiger partial charge in [0.2, 0.25) is 0 Å². The number of hydrogen-bond acceptors (Lipinski definition) is 4. The van der Waals surface area contributed by atoms with Crippen LogP contribution in [0.2, 0.25) is 5.02 Å². The van der Waals surface area contributed by atoms with Crippen molar-refractivity contribution in [3.05, 3.63) is 28.8 Å². The van der Waals surface area contributed by atoms with E-state index >= 15 is 0 Å². The highest BCUT2D eigenvalue weighted by molar-refractivity contribution is 6.32. The van der Waals surface area contributed by atoms with Crippen LogP contribution in [-0.2, 0) is 4.74 Å². The first-order valence-electron chi connectivity index (χ1n) is 5.82. The van der Waals surface area contributed by atoms with Gasteiger partial charge >= 0.3 is 0 Å². The molecular formula is C13H14ClNO3. The Morgan fingerprint density at radius 3 is 3.00 bits per heavy atom. The lowest BCUT2D eigenvalue weighted by atomic mass is 10.1. The van der Waals surface area contributed by atoms with Crippen LogP contribution in [0.3, 0.4) is 0 Å². The minimum atomic E-state index is -0.0550. The third kappa shape index (κ3) is 3.01. The maximum Gasteiger partial charge on any atom is 0.191 e. The second-order valence-corrected chi connectivity index (χ2v) is 4.21. The summed E-state index contributed by atoms with van der Waals surface area (Å²) in [5.74, 6) is 1.04. The van der Waals surface area contributed by atoms with E-state index in [0.29, 0.717) is 42.0 Å². The fourth-order valence-electron chi connectivity index (χ4n) is 1.67. The lowest BCUT2D eigenvalue weighted by Gasteiger charge is -2.07. The van der Waals surface area contributed by atoms with E-state index in [2.05, 4.69) is 4.99 Å². The number of ketones is 1. The van der Waals surface area contributed by atoms with Gasteiger partial charge in [0, 0.05) is 5.56 Å². The predicted octanol–water partition coefficient (Wildman–Crippen LogP) is 2.74. The third-order valence-corrected chi connectivity index (χ3v) is 2.81. The number of benzene rings is 1. The molecular weight excluding hydrogens is 254 g/mol. The molecule has 1 aromatic rings. The molecule has 0 saturated carbocycles. The van der Waals surface area contributed by atoms with E-state index in [9.17, 15) is 4.79 Å². The predicted molar refractivity (Wildman–Crippen MR) is 69.8 cm³/mol. The second kappa shape index (κ2) is 5.87. The molecule has 0 aromatic heterocycles. The summed E-state index contributed by atoms with van der Waals surface area (Å²) >= 11 is 6.03. The van der Waals surface area contributed by atoms with Gasteiger partial charge < -0.3 is 9.47 Å². The van der Waals surface area contributed by atoms with Crippen LogP contribution in [0.15, 0.2) is 23.2 Å². The van der Waals surface area contributed by atoms with Crippen molar-refractivity contribution in [2.24, 2.45) is 4.99 Å². The van der Waals surface area contributed by atoms with Crippen molar-refractivity contribution in [2.45, 2.75) is 13.3 Å². The Kier molecular flexibility index (Phi) is 4.20. The molecule has 0 fully saturated rings. The van der Waals surface area contributed by atoms with Crippen molar-refractivity contribution in [2.75, 3.05) is 19.8 Å². The number of rotatable bonds is 5. The summed E-state index contributed by atoms with van der Waals surface area (Å²) in [6, 6.07) is 5.02. The quantitative estimate of drug-likeness (QED) is 0.771. The van der Waals surface area contributed by atoms with E-state index in [-0.39, 0.29) is 12.2 Å². The van der Waals surface area contributed by atoms with Crippen LogP contribution in [0.4, 0.5) is 0 Å². The Bertz CT molecular complexity index is 485. The molecule has 0 N–H and O–H groups in total. The average Bonchev–Trinajstić information content (AvgIpc) is 2.84. The topological polar surface area (TPSA) is 47.9 Å². The minimum Gasteiger partial charge on any atom is -0.492 e. The first kappa shape index (κ1) is 12.9. The van der Waals surface area contributed by atoms with E-state index in [0.717, 1.165) is 0 Å². The molecule has 1 aliphatic rings. The van der Waals surface area contributed by atoms with Gasteiger partial charge in [-0.1, -0.05) is 11.6 Å². The fraction of sp³-hybridized carbons (Fsp3) is 0.385. The normalized spacial score (nSPS) is 14.0. The Morgan fingerprint density at radius 2 is 2.39 bits per heavy atom. The molecule has 5 heteroatoms. The summed E-state index contributed by atoms with van der Waals surface area (Å²) in [6.07, 6.45) is 0.185. The molecule has 4 nitrogen and oxygen atoms in total. The van der Waals surface area contributed by atoms with E-state index in [1.165, 1.54) is 0 Å². The van der Waals surface area contributed by atoms with Gasteiger partial charge in [-0.3, -0.25) is 9.79 Å². The zero-order valence-electron chi connectivity index (χ0n) is 10.1. The second-order valence-electron chi connectivity index (χ2n) is 3.80. The molecule has 1 aromatic carbocycles. The van der Waals surface area contributed by atoms with Crippen molar-refractivity contribution >= 4 is 23.3 Å². The number of nitrogens with zero attached hydrogens (tertiary/aromatic N) is 1. The average molecular weight is 268 g/mol. The molecule has 0 radical (unpaired) electrons. The largest absolute Gasteiger partial charge is 0.492 e. The smallest absolute Gasteiger partial charge is 0.191 e. The van der Waals surface area contributed by atoms with Gasteiger partial charge in [0.25, 0.3) is 0 Å². The van der Waals surface area contributed by atoms with Crippen LogP contribution in [-0.4, -0.2) is 31.4 Å². The zero-order chi connectivity index (χ0) is 13.0. The molecule has 96 valence electrons. The fourth-order valence-corrected chi connectivity index (χ4v) is 1.91. The lowest BCUT2D eigenvalue weighted by Crippen LogP contribution is -2.08. The maximum absolute atomic E-state index is 12.0. The Balaban J connectivity index is 2.08. The Labute approximate surface area is 111 Å². The van der Waals surface area contributed by atoms with Crippen LogP contribution in [0, 0.1) is 0 Å². The zero-order valence-corrected chi connectivity index (χ0v) is 10.9. The Morgan fingerprint density at radius 1 is 1.56 bits per heavy atom. The lowest BCUT2D eigenvalue weighted by molar-refractivity contribution is 0.0994. The van der Waals surface area contributed by atoms with Crippen LogP contribution < -0.4 is 4.74 Å². The number of carbonyl (C=O) groups excluding carboxylic acids is 1. The van der Waals surface area contributed by atoms with Crippen molar-refractivity contribution in [1.29, 1.82) is 0 Å². The number of ether oxygens (including phenoxy) is 2. The van der Waals surface area contributed by atoms with Gasteiger partial charge in [0.15, 0.2) is 11.7 Å². The number of halogens is 1. The van der Waals surface area contributed by atoms with E-state index in [1.807, 2.05) is 6.92 Å². The van der Waals surface area contributed by atoms with Crippen molar-refractivity contribution in [1.82, 2.24) is 0 Å². The van der Waals surface area contributed by atoms with E-state index < -0.39 is 0 Å². The highest BCUT2D eigenvalue weighted by Gasteiger charge is 2.15. The van der Waals surface area contributed by atoms with Crippen LogP contribution in [0.1, 0.15) is 23.7 Å². The highest BCUT2D eigenvalue weighted by atomic mass is 35.5. The van der Waals surface area contributed by atoms with Gasteiger partial charge in [0.1, 0.15) is 12.4 Å². The van der Waals surface area contributed by atoms with E-state index in [1.54, 1.807) is 18.2 Å². The molecule has 0 bridgehead atoms. The van der Waals surface area contributed by atoms with Gasteiger partial charge in [-0.25, -0.2) is 0 Å². The maximum atomic E-state index is 12.0. The van der Waals surface area contributed by atoms with E-state index in [4.69, 9.17) is 21.1 Å². The SMILES string of the molecule is CCOc1ccc(C(=O)CC2=NCCO2)cc1Cl. The summed E-state index contributed by atoms with van der Waals surface area (Å²) in [4.78, 5) is 16.0. The summed E-state index contributed by atoms with van der Waals surface area (Å²) < 4.78 is 10.5. The first-order valence-corrected chi connectivity index (χ1v) is 6.20. The molecule has 0 spiro atoms. The third-order valence-electron chi connectivity index (χ3n) is 2.51. The van der Waals surface area contributed by atoms with Gasteiger partial charge in [-0.2, -0.15) is 0 Å². The Hall–Kier alpha value is -1.55. The summed E-state index contributed by atoms with van der Waals surface area (Å²) in [5.41, 5.74) is 0.543. The van der Waals surface area contributed by atoms with Crippen LogP contribution in [0.25, 0.3) is 0 Å². The molecule has 0 saturated heterocycles. The number of hydrogen-bond donors (Lipinski definition) is 0. The summed E-state index contributed by atoms with van der Waals surface area (Å²) in [6.45, 7) is 3.61. The summed E-state index contributed by atoms with van der Waals surface area (Å²) in [7, 11) is 0. The van der Waals surface area contributed by atoms with Crippen LogP contribution >= 0.6 is 11.6 Å². The molecule has 1 heterocycles. The van der Waals surface area contributed by atoms with Gasteiger partial charge in [-0.15, -0.1) is 0 Å². The summed E-state index contributed by atoms with van der Waals surface area (Å²) in [5, 5.41) is 0.442.